The number of likely N-dealkylation sites (tertiary alicyclic amines) is 1. The van der Waals surface area contributed by atoms with Gasteiger partial charge in [0, 0.05) is 12.1 Å². The maximum absolute atomic E-state index is 13.1. The average molecular weight is 360 g/mol. The molecule has 1 unspecified atom stereocenters. The Kier molecular flexibility index (Phi) is 7.64. The molecule has 144 valence electrons. The second kappa shape index (κ2) is 9.72. The normalized spacial score (nSPS) is 20.6. The minimum absolute atomic E-state index is 0.0352. The van der Waals surface area contributed by atoms with Crippen molar-refractivity contribution in [2.75, 3.05) is 25.5 Å². The summed E-state index contributed by atoms with van der Waals surface area (Å²) in [4.78, 5) is 27.0. The van der Waals surface area contributed by atoms with Crippen molar-refractivity contribution in [3.05, 3.63) is 29.3 Å². The molecule has 1 saturated heterocycles. The molecule has 5 nitrogen and oxygen atoms in total. The summed E-state index contributed by atoms with van der Waals surface area (Å²) < 4.78 is 4.81. The van der Waals surface area contributed by atoms with Crippen molar-refractivity contribution in [2.24, 2.45) is 5.92 Å². The summed E-state index contributed by atoms with van der Waals surface area (Å²) in [6, 6.07) is 5.83. The summed E-state index contributed by atoms with van der Waals surface area (Å²) in [7, 11) is 1.42. The number of rotatable bonds is 7. The van der Waals surface area contributed by atoms with Crippen LogP contribution in [0.4, 0.5) is 5.69 Å². The Labute approximate surface area is 157 Å². The predicted molar refractivity (Wildman–Crippen MR) is 104 cm³/mol. The molecular weight excluding hydrogens is 328 g/mol. The van der Waals surface area contributed by atoms with Crippen LogP contribution in [0.5, 0.6) is 0 Å². The van der Waals surface area contributed by atoms with E-state index < -0.39 is 0 Å². The number of amides is 1. The predicted octanol–water partition coefficient (Wildman–Crippen LogP) is 3.69. The van der Waals surface area contributed by atoms with Crippen LogP contribution in [0, 0.1) is 19.8 Å². The van der Waals surface area contributed by atoms with Crippen molar-refractivity contribution in [1.29, 1.82) is 0 Å². The molecule has 0 saturated carbocycles. The number of para-hydroxylation sites is 1. The van der Waals surface area contributed by atoms with Crippen molar-refractivity contribution < 1.29 is 14.3 Å². The number of hydrogen-bond acceptors (Lipinski definition) is 4. The number of ether oxygens (including phenoxy) is 1. The lowest BCUT2D eigenvalue weighted by atomic mass is 9.87. The molecule has 0 radical (unpaired) electrons. The highest BCUT2D eigenvalue weighted by Crippen LogP contribution is 2.28. The second-order valence-electron chi connectivity index (χ2n) is 7.33. The van der Waals surface area contributed by atoms with E-state index in [2.05, 4.69) is 17.1 Å². The third-order valence-electron chi connectivity index (χ3n) is 5.34. The number of piperidine rings is 1. The van der Waals surface area contributed by atoms with Gasteiger partial charge in [-0.1, -0.05) is 31.5 Å². The van der Waals surface area contributed by atoms with Crippen LogP contribution in [-0.4, -0.2) is 43.0 Å². The van der Waals surface area contributed by atoms with Gasteiger partial charge in [-0.05, 0) is 63.2 Å². The highest BCUT2D eigenvalue weighted by atomic mass is 16.5. The van der Waals surface area contributed by atoms with Gasteiger partial charge in [0.2, 0.25) is 5.91 Å². The number of aryl methyl sites for hydroxylation is 2. The van der Waals surface area contributed by atoms with Crippen molar-refractivity contribution in [2.45, 2.75) is 58.9 Å². The molecule has 1 heterocycles. The molecule has 26 heavy (non-hydrogen) atoms. The van der Waals surface area contributed by atoms with E-state index in [1.54, 1.807) is 0 Å². The lowest BCUT2D eigenvalue weighted by Gasteiger charge is -2.38. The van der Waals surface area contributed by atoms with E-state index in [4.69, 9.17) is 4.74 Å². The van der Waals surface area contributed by atoms with Crippen LogP contribution in [0.1, 0.15) is 50.2 Å². The number of methoxy groups -OCH3 is 1. The lowest BCUT2D eigenvalue weighted by molar-refractivity contribution is -0.142. The number of nitrogens with one attached hydrogen (secondary N) is 1. The van der Waals surface area contributed by atoms with E-state index in [1.807, 2.05) is 32.0 Å². The van der Waals surface area contributed by atoms with E-state index in [0.29, 0.717) is 12.8 Å². The Morgan fingerprint density at radius 1 is 1.27 bits per heavy atom. The highest BCUT2D eigenvalue weighted by Gasteiger charge is 2.34. The third kappa shape index (κ3) is 5.31. The summed E-state index contributed by atoms with van der Waals surface area (Å²) in [5.74, 6) is 0.0491. The van der Waals surface area contributed by atoms with Gasteiger partial charge in [-0.25, -0.2) is 0 Å². The molecule has 5 heteroatoms. The number of nitrogens with zero attached hydrogens (tertiary/aromatic N) is 1. The molecule has 0 spiro atoms. The van der Waals surface area contributed by atoms with E-state index >= 15 is 0 Å². The summed E-state index contributed by atoms with van der Waals surface area (Å²) in [5, 5.41) is 3.15. The fourth-order valence-electron chi connectivity index (χ4n) is 3.71. The molecule has 1 aliphatic rings. The van der Waals surface area contributed by atoms with Gasteiger partial charge in [-0.2, -0.15) is 0 Å². The molecule has 1 fully saturated rings. The Morgan fingerprint density at radius 2 is 1.96 bits per heavy atom. The lowest BCUT2D eigenvalue weighted by Crippen LogP contribution is -2.50. The topological polar surface area (TPSA) is 58.6 Å². The largest absolute Gasteiger partial charge is 0.469 e. The number of esters is 1. The quantitative estimate of drug-likeness (QED) is 0.754. The van der Waals surface area contributed by atoms with Gasteiger partial charge in [0.1, 0.15) is 0 Å². The molecule has 1 aromatic rings. The van der Waals surface area contributed by atoms with Crippen LogP contribution in [0.2, 0.25) is 0 Å². The average Bonchev–Trinajstić information content (AvgIpc) is 2.63. The minimum atomic E-state index is -0.191. The van der Waals surface area contributed by atoms with Crippen LogP contribution in [0.3, 0.4) is 0 Å². The zero-order valence-corrected chi connectivity index (χ0v) is 16.5. The van der Waals surface area contributed by atoms with Crippen LogP contribution in [0.15, 0.2) is 18.2 Å². The van der Waals surface area contributed by atoms with Crippen LogP contribution >= 0.6 is 0 Å². The number of hydrogen-bond donors (Lipinski definition) is 1. The molecular formula is C21H32N2O3. The van der Waals surface area contributed by atoms with Crippen LogP contribution in [0.25, 0.3) is 0 Å². The van der Waals surface area contributed by atoms with E-state index in [1.165, 1.54) is 7.11 Å². The highest BCUT2D eigenvalue weighted by molar-refractivity contribution is 5.96. The van der Waals surface area contributed by atoms with Gasteiger partial charge < -0.3 is 10.1 Å². The first-order chi connectivity index (χ1) is 12.5. The van der Waals surface area contributed by atoms with Gasteiger partial charge in [0.25, 0.3) is 0 Å². The smallest absolute Gasteiger partial charge is 0.305 e. The van der Waals surface area contributed by atoms with Gasteiger partial charge in [0.15, 0.2) is 0 Å². The number of carbonyl (C=O) groups is 2. The summed E-state index contributed by atoms with van der Waals surface area (Å²) in [6.45, 7) is 7.96. The Balaban J connectivity index is 2.12. The summed E-state index contributed by atoms with van der Waals surface area (Å²) in [5.41, 5.74) is 3.05. The zero-order chi connectivity index (χ0) is 19.1. The molecule has 1 N–H and O–H groups in total. The molecule has 1 aromatic carbocycles. The van der Waals surface area contributed by atoms with Crippen LogP contribution < -0.4 is 5.32 Å². The van der Waals surface area contributed by atoms with Crippen molar-refractivity contribution in [3.8, 4) is 0 Å². The van der Waals surface area contributed by atoms with Gasteiger partial charge in [-0.3, -0.25) is 14.5 Å². The molecule has 2 atom stereocenters. The third-order valence-corrected chi connectivity index (χ3v) is 5.34. The second-order valence-corrected chi connectivity index (χ2v) is 7.33. The van der Waals surface area contributed by atoms with E-state index in [9.17, 15) is 9.59 Å². The zero-order valence-electron chi connectivity index (χ0n) is 16.5. The molecule has 2 rings (SSSR count). The molecule has 0 bridgehead atoms. The Hall–Kier alpha value is -1.88. The maximum atomic E-state index is 13.1. The number of anilines is 1. The van der Waals surface area contributed by atoms with Crippen molar-refractivity contribution in [1.82, 2.24) is 4.90 Å². The van der Waals surface area contributed by atoms with Crippen molar-refractivity contribution in [3.63, 3.8) is 0 Å². The number of carbonyl (C=O) groups excluding carboxylic acids is 2. The fraction of sp³-hybridized carbons (Fsp3) is 0.619. The first-order valence-electron chi connectivity index (χ1n) is 9.64. The van der Waals surface area contributed by atoms with Crippen LogP contribution in [-0.2, 0) is 14.3 Å². The van der Waals surface area contributed by atoms with E-state index in [0.717, 1.165) is 49.2 Å². The number of benzene rings is 1. The molecule has 0 aliphatic carbocycles. The Morgan fingerprint density at radius 3 is 2.58 bits per heavy atom. The van der Waals surface area contributed by atoms with Gasteiger partial charge in [0.05, 0.1) is 13.2 Å². The first kappa shape index (κ1) is 20.4. The summed E-state index contributed by atoms with van der Waals surface area (Å²) >= 11 is 0. The maximum Gasteiger partial charge on any atom is 0.305 e. The fourth-order valence-corrected chi connectivity index (χ4v) is 3.71. The molecule has 1 aliphatic heterocycles. The SMILES string of the molecule is CCCCN1CCC(CC(=O)OC)C[C@H]1C(=O)Nc1c(C)cccc1C. The van der Waals surface area contributed by atoms with Gasteiger partial charge in [-0.15, -0.1) is 0 Å². The van der Waals surface area contributed by atoms with Crippen molar-refractivity contribution >= 4 is 17.6 Å². The minimum Gasteiger partial charge on any atom is -0.469 e. The first-order valence-corrected chi connectivity index (χ1v) is 9.64. The molecule has 1 amide bonds. The standard InChI is InChI=1S/C21H32N2O3/c1-5-6-11-23-12-10-17(14-19(24)26-4)13-18(23)21(25)22-20-15(2)8-7-9-16(20)3/h7-9,17-18H,5-6,10-14H2,1-4H3,(H,22,25)/t17?,18-/m0/s1. The molecule has 0 aromatic heterocycles. The Bertz CT molecular complexity index is 609. The van der Waals surface area contributed by atoms with E-state index in [-0.39, 0.29) is 23.8 Å². The summed E-state index contributed by atoms with van der Waals surface area (Å²) in [6.07, 6.45) is 4.22. The number of unbranched alkanes of at least 4 members (excludes halogenated alkanes) is 1. The monoisotopic (exact) mass is 360 g/mol. The van der Waals surface area contributed by atoms with Gasteiger partial charge >= 0.3 is 5.97 Å².